The van der Waals surface area contributed by atoms with Crippen molar-refractivity contribution in [2.45, 2.75) is 6.04 Å². The van der Waals surface area contributed by atoms with E-state index in [-0.39, 0.29) is 10.6 Å². The predicted molar refractivity (Wildman–Crippen MR) is 68.8 cm³/mol. The van der Waals surface area contributed by atoms with Crippen molar-refractivity contribution in [1.29, 1.82) is 0 Å². The molecule has 92 valence electrons. The molecular formula is C10H12N2O3S2. The van der Waals surface area contributed by atoms with Crippen LogP contribution in [0.25, 0.3) is 0 Å². The number of nitrogens with zero attached hydrogens (tertiary/aromatic N) is 1. The first kappa shape index (κ1) is 12.7. The summed E-state index contributed by atoms with van der Waals surface area (Å²) < 4.78 is 0. The molecule has 0 spiro atoms. The van der Waals surface area contributed by atoms with Crippen molar-refractivity contribution in [3.8, 4) is 0 Å². The van der Waals surface area contributed by atoms with Crippen LogP contribution in [0.4, 0.5) is 0 Å². The van der Waals surface area contributed by atoms with Crippen LogP contribution >= 0.6 is 24.0 Å². The van der Waals surface area contributed by atoms with Crippen LogP contribution in [0.5, 0.6) is 0 Å². The third kappa shape index (κ3) is 2.74. The molecule has 2 atom stereocenters. The highest BCUT2D eigenvalue weighted by molar-refractivity contribution is 7.99. The van der Waals surface area contributed by atoms with Crippen molar-refractivity contribution in [2.24, 2.45) is 5.92 Å². The van der Waals surface area contributed by atoms with Gasteiger partial charge < -0.3 is 5.11 Å². The van der Waals surface area contributed by atoms with Gasteiger partial charge in [0.15, 0.2) is 5.78 Å². The van der Waals surface area contributed by atoms with Gasteiger partial charge in [-0.05, 0) is 6.08 Å². The van der Waals surface area contributed by atoms with Crippen LogP contribution < -0.4 is 5.43 Å². The lowest BCUT2D eigenvalue weighted by molar-refractivity contribution is -0.138. The van der Waals surface area contributed by atoms with Crippen LogP contribution in [-0.2, 0) is 9.59 Å². The van der Waals surface area contributed by atoms with Gasteiger partial charge in [0.1, 0.15) is 12.0 Å². The summed E-state index contributed by atoms with van der Waals surface area (Å²) in [5.74, 6) is -0.256. The number of rotatable bonds is 3. The van der Waals surface area contributed by atoms with Crippen LogP contribution in [0.15, 0.2) is 12.2 Å². The molecule has 5 nitrogen and oxygen atoms in total. The fourth-order valence-electron chi connectivity index (χ4n) is 1.73. The van der Waals surface area contributed by atoms with E-state index in [1.54, 1.807) is 11.8 Å². The van der Waals surface area contributed by atoms with E-state index in [0.717, 1.165) is 18.2 Å². The maximum atomic E-state index is 11.7. The fourth-order valence-corrected chi connectivity index (χ4v) is 2.98. The maximum Gasteiger partial charge on any atom is 0.315 e. The Kier molecular flexibility index (Phi) is 3.93. The Labute approximate surface area is 108 Å². The lowest BCUT2D eigenvalue weighted by Gasteiger charge is -2.27. The van der Waals surface area contributed by atoms with E-state index in [1.165, 1.54) is 12.2 Å². The van der Waals surface area contributed by atoms with E-state index in [9.17, 15) is 9.59 Å². The standard InChI is InChI=1S/C10H12N2O3S2/c13-7-2-1-6(10(14)15)9(16)8(7)11-12-3-4-17-5-12/h1-2,6,8,11H,3-5H2,(H,14,15). The number of thioether (sulfide) groups is 1. The average Bonchev–Trinajstić information content (AvgIpc) is 2.76. The SMILES string of the molecule is O=C(O)C1C=CC(=O)C(NN2CCSC2)C1=S. The van der Waals surface area contributed by atoms with Gasteiger partial charge in [-0.3, -0.25) is 9.59 Å². The second kappa shape index (κ2) is 5.26. The summed E-state index contributed by atoms with van der Waals surface area (Å²) in [5.41, 5.74) is 3.01. The summed E-state index contributed by atoms with van der Waals surface area (Å²) in [7, 11) is 0. The summed E-state index contributed by atoms with van der Waals surface area (Å²) in [6.07, 6.45) is 2.65. The van der Waals surface area contributed by atoms with Crippen LogP contribution in [0.3, 0.4) is 0 Å². The molecule has 1 fully saturated rings. The van der Waals surface area contributed by atoms with Crippen molar-refractivity contribution < 1.29 is 14.7 Å². The molecule has 1 saturated heterocycles. The minimum atomic E-state index is -1.01. The van der Waals surface area contributed by atoms with E-state index in [2.05, 4.69) is 5.43 Å². The first-order valence-electron chi connectivity index (χ1n) is 5.17. The summed E-state index contributed by atoms with van der Waals surface area (Å²) in [4.78, 5) is 22.9. The van der Waals surface area contributed by atoms with Gasteiger partial charge >= 0.3 is 5.97 Å². The highest BCUT2D eigenvalue weighted by Crippen LogP contribution is 2.17. The zero-order chi connectivity index (χ0) is 12.4. The number of aliphatic carboxylic acids is 1. The molecule has 1 aliphatic carbocycles. The van der Waals surface area contributed by atoms with Crippen LogP contribution in [0, 0.1) is 5.92 Å². The molecule has 0 aromatic rings. The van der Waals surface area contributed by atoms with Crippen LogP contribution in [0.2, 0.25) is 0 Å². The number of carboxylic acids is 1. The number of ketones is 1. The van der Waals surface area contributed by atoms with Crippen molar-refractivity contribution >= 4 is 40.6 Å². The van der Waals surface area contributed by atoms with E-state index < -0.39 is 17.9 Å². The van der Waals surface area contributed by atoms with Crippen LogP contribution in [-0.4, -0.2) is 50.9 Å². The molecule has 0 amide bonds. The first-order valence-corrected chi connectivity index (χ1v) is 6.73. The van der Waals surface area contributed by atoms with Crippen molar-refractivity contribution in [3.05, 3.63) is 12.2 Å². The molecule has 0 aromatic carbocycles. The zero-order valence-corrected chi connectivity index (χ0v) is 10.6. The molecule has 2 aliphatic rings. The Morgan fingerprint density at radius 2 is 2.41 bits per heavy atom. The third-order valence-corrected chi connectivity index (χ3v) is 4.11. The molecule has 1 heterocycles. The molecule has 7 heteroatoms. The molecule has 17 heavy (non-hydrogen) atoms. The molecule has 2 unspecified atom stereocenters. The largest absolute Gasteiger partial charge is 0.481 e. The minimum absolute atomic E-state index is 0.176. The van der Waals surface area contributed by atoms with Gasteiger partial charge in [-0.2, -0.15) is 0 Å². The van der Waals surface area contributed by atoms with Gasteiger partial charge in [-0.25, -0.2) is 10.4 Å². The number of hydrazine groups is 1. The van der Waals surface area contributed by atoms with Crippen molar-refractivity contribution in [1.82, 2.24) is 10.4 Å². The van der Waals surface area contributed by atoms with Crippen molar-refractivity contribution in [3.63, 3.8) is 0 Å². The maximum absolute atomic E-state index is 11.7. The Morgan fingerprint density at radius 3 is 3.00 bits per heavy atom. The molecule has 0 bridgehead atoms. The number of thiocarbonyl (C=S) groups is 1. The summed E-state index contributed by atoms with van der Waals surface area (Å²) in [5, 5.41) is 10.9. The lowest BCUT2D eigenvalue weighted by Crippen LogP contribution is -2.54. The first-order chi connectivity index (χ1) is 8.09. The Hall–Kier alpha value is -0.760. The number of hydrogen-bond donors (Lipinski definition) is 2. The second-order valence-electron chi connectivity index (χ2n) is 3.84. The minimum Gasteiger partial charge on any atom is -0.481 e. The monoisotopic (exact) mass is 272 g/mol. The Bertz CT molecular complexity index is 391. The predicted octanol–water partition coefficient (Wildman–Crippen LogP) is 0.0755. The number of nitrogens with one attached hydrogen (secondary N) is 1. The molecular weight excluding hydrogens is 260 g/mol. The topological polar surface area (TPSA) is 69.6 Å². The summed E-state index contributed by atoms with van der Waals surface area (Å²) >= 11 is 6.84. The molecule has 0 aromatic heterocycles. The highest BCUT2D eigenvalue weighted by Gasteiger charge is 2.35. The summed E-state index contributed by atoms with van der Waals surface area (Å²) in [6.45, 7) is 0.832. The second-order valence-corrected chi connectivity index (χ2v) is 5.39. The average molecular weight is 272 g/mol. The van der Waals surface area contributed by atoms with E-state index in [1.807, 2.05) is 5.01 Å². The Morgan fingerprint density at radius 1 is 1.65 bits per heavy atom. The van der Waals surface area contributed by atoms with Gasteiger partial charge in [-0.1, -0.05) is 18.3 Å². The van der Waals surface area contributed by atoms with Gasteiger partial charge in [-0.15, -0.1) is 11.8 Å². The normalized spacial score (nSPS) is 29.9. The highest BCUT2D eigenvalue weighted by atomic mass is 32.2. The van der Waals surface area contributed by atoms with E-state index in [0.29, 0.717) is 0 Å². The van der Waals surface area contributed by atoms with Crippen molar-refractivity contribution in [2.75, 3.05) is 18.2 Å². The third-order valence-electron chi connectivity index (χ3n) is 2.66. The Balaban J connectivity index is 2.09. The van der Waals surface area contributed by atoms with Gasteiger partial charge in [0.25, 0.3) is 0 Å². The fraction of sp³-hybridized carbons (Fsp3) is 0.500. The number of carbonyl (C=O) groups excluding carboxylic acids is 1. The number of hydrogen-bond acceptors (Lipinski definition) is 6. The quantitative estimate of drug-likeness (QED) is 0.705. The molecule has 0 radical (unpaired) electrons. The van der Waals surface area contributed by atoms with E-state index in [4.69, 9.17) is 17.3 Å². The van der Waals surface area contributed by atoms with E-state index >= 15 is 0 Å². The van der Waals surface area contributed by atoms with Gasteiger partial charge in [0.05, 0.1) is 5.88 Å². The number of carbonyl (C=O) groups is 2. The summed E-state index contributed by atoms with van der Waals surface area (Å²) in [6, 6.07) is -0.685. The number of carboxylic acid groups (broad SMARTS) is 1. The lowest BCUT2D eigenvalue weighted by atomic mass is 9.91. The molecule has 0 saturated carbocycles. The van der Waals surface area contributed by atoms with Gasteiger partial charge in [0, 0.05) is 17.2 Å². The van der Waals surface area contributed by atoms with Gasteiger partial charge in [0.2, 0.25) is 0 Å². The smallest absolute Gasteiger partial charge is 0.315 e. The molecule has 1 aliphatic heterocycles. The van der Waals surface area contributed by atoms with Crippen LogP contribution in [0.1, 0.15) is 0 Å². The zero-order valence-electron chi connectivity index (χ0n) is 8.96. The molecule has 2 rings (SSSR count). The molecule has 2 N–H and O–H groups in total.